The number of hydrogen-bond donors (Lipinski definition) is 0. The molecule has 0 saturated carbocycles. The fraction of sp³-hybridized carbons (Fsp3) is 0.200. The zero-order valence-corrected chi connectivity index (χ0v) is 10.4. The Balaban J connectivity index is 2.20. The average molecular weight is 238 g/mol. The Labute approximate surface area is 106 Å². The van der Waals surface area contributed by atoms with Crippen molar-refractivity contribution >= 4 is 5.71 Å². The monoisotopic (exact) mass is 238 g/mol. The second-order valence-electron chi connectivity index (χ2n) is 4.72. The van der Waals surface area contributed by atoms with Crippen molar-refractivity contribution in [1.82, 2.24) is 4.98 Å². The minimum absolute atomic E-state index is 0.554. The quantitative estimate of drug-likeness (QED) is 0.765. The Morgan fingerprint density at radius 1 is 1.00 bits per heavy atom. The fourth-order valence-electron chi connectivity index (χ4n) is 2.07. The third-order valence-electron chi connectivity index (χ3n) is 2.79. The van der Waals surface area contributed by atoms with Crippen molar-refractivity contribution in [2.24, 2.45) is 4.99 Å². The Morgan fingerprint density at radius 2 is 1.78 bits per heavy atom. The molecule has 1 aromatic heterocycles. The first kappa shape index (κ1) is 11.0. The van der Waals surface area contributed by atoms with Gasteiger partial charge < -0.3 is 4.74 Å². The zero-order chi connectivity index (χ0) is 12.6. The number of benzene rings is 1. The van der Waals surface area contributed by atoms with Crippen LogP contribution in [0.1, 0.15) is 25.1 Å². The molecule has 0 bridgehead atoms. The summed E-state index contributed by atoms with van der Waals surface area (Å²) < 4.78 is 5.86. The summed E-state index contributed by atoms with van der Waals surface area (Å²) in [6, 6.07) is 13.8. The van der Waals surface area contributed by atoms with Crippen LogP contribution in [0.25, 0.3) is 0 Å². The molecule has 2 heterocycles. The molecule has 0 unspecified atom stereocenters. The maximum absolute atomic E-state index is 5.86. The average Bonchev–Trinajstić information content (AvgIpc) is 2.38. The van der Waals surface area contributed by atoms with E-state index in [0.717, 1.165) is 22.7 Å². The lowest BCUT2D eigenvalue weighted by molar-refractivity contribution is 0.115. The standard InChI is InChI=1S/C15H14N2O/c1-15(2)17-14(12-8-5-6-10-16-12)11-7-3-4-9-13(11)18-15/h3-10H,1-2H3. The molecule has 2 aromatic rings. The van der Waals surface area contributed by atoms with E-state index in [0.29, 0.717) is 0 Å². The van der Waals surface area contributed by atoms with E-state index >= 15 is 0 Å². The molecule has 0 atom stereocenters. The number of aromatic nitrogens is 1. The summed E-state index contributed by atoms with van der Waals surface area (Å²) in [7, 11) is 0. The van der Waals surface area contributed by atoms with Gasteiger partial charge >= 0.3 is 0 Å². The van der Waals surface area contributed by atoms with Crippen LogP contribution >= 0.6 is 0 Å². The maximum atomic E-state index is 5.86. The van der Waals surface area contributed by atoms with Crippen LogP contribution in [0.3, 0.4) is 0 Å². The molecule has 0 amide bonds. The topological polar surface area (TPSA) is 34.5 Å². The van der Waals surface area contributed by atoms with Gasteiger partial charge in [0.2, 0.25) is 0 Å². The van der Waals surface area contributed by atoms with Crippen molar-refractivity contribution in [3.63, 3.8) is 0 Å². The lowest BCUT2D eigenvalue weighted by atomic mass is 10.0. The van der Waals surface area contributed by atoms with Gasteiger partial charge in [0.05, 0.1) is 11.4 Å². The molecule has 1 aromatic carbocycles. The number of para-hydroxylation sites is 1. The van der Waals surface area contributed by atoms with Crippen LogP contribution in [0.5, 0.6) is 5.75 Å². The normalized spacial score (nSPS) is 16.4. The fourth-order valence-corrected chi connectivity index (χ4v) is 2.07. The van der Waals surface area contributed by atoms with Crippen molar-refractivity contribution in [1.29, 1.82) is 0 Å². The number of hydrogen-bond acceptors (Lipinski definition) is 3. The van der Waals surface area contributed by atoms with Crippen LogP contribution in [0, 0.1) is 0 Å². The van der Waals surface area contributed by atoms with Gasteiger partial charge in [-0.25, -0.2) is 4.99 Å². The number of pyridine rings is 1. The highest BCUT2D eigenvalue weighted by Gasteiger charge is 2.28. The maximum Gasteiger partial charge on any atom is 0.195 e. The van der Waals surface area contributed by atoms with E-state index in [2.05, 4.69) is 9.98 Å². The van der Waals surface area contributed by atoms with Gasteiger partial charge in [-0.1, -0.05) is 18.2 Å². The highest BCUT2D eigenvalue weighted by Crippen LogP contribution is 2.31. The van der Waals surface area contributed by atoms with Crippen molar-refractivity contribution < 1.29 is 4.74 Å². The molecule has 3 nitrogen and oxygen atoms in total. The number of fused-ring (bicyclic) bond motifs is 1. The molecule has 0 fully saturated rings. The molecule has 0 N–H and O–H groups in total. The second-order valence-corrected chi connectivity index (χ2v) is 4.72. The third kappa shape index (κ3) is 1.88. The second kappa shape index (κ2) is 3.95. The molecule has 0 radical (unpaired) electrons. The molecule has 3 rings (SSSR count). The third-order valence-corrected chi connectivity index (χ3v) is 2.79. The van der Waals surface area contributed by atoms with Crippen molar-refractivity contribution in [3.05, 3.63) is 59.9 Å². The van der Waals surface area contributed by atoms with Crippen LogP contribution in [-0.4, -0.2) is 16.4 Å². The molecule has 0 saturated heterocycles. The van der Waals surface area contributed by atoms with Crippen LogP contribution in [-0.2, 0) is 0 Å². The smallest absolute Gasteiger partial charge is 0.195 e. The minimum Gasteiger partial charge on any atom is -0.466 e. The van der Waals surface area contributed by atoms with Crippen molar-refractivity contribution in [2.45, 2.75) is 19.6 Å². The molecule has 0 spiro atoms. The Morgan fingerprint density at radius 3 is 2.56 bits per heavy atom. The molecule has 3 heteroatoms. The lowest BCUT2D eigenvalue weighted by Crippen LogP contribution is -2.32. The number of rotatable bonds is 1. The van der Waals surface area contributed by atoms with Gasteiger partial charge in [-0.2, -0.15) is 0 Å². The number of aliphatic imine (C=N–C) groups is 1. The molecule has 0 aliphatic carbocycles. The van der Waals surface area contributed by atoms with E-state index in [4.69, 9.17) is 4.74 Å². The van der Waals surface area contributed by atoms with E-state index in [1.165, 1.54) is 0 Å². The highest BCUT2D eigenvalue weighted by molar-refractivity contribution is 6.14. The molecule has 18 heavy (non-hydrogen) atoms. The van der Waals surface area contributed by atoms with Gasteiger partial charge in [0.15, 0.2) is 5.72 Å². The van der Waals surface area contributed by atoms with E-state index < -0.39 is 5.72 Å². The Hall–Kier alpha value is -2.16. The van der Waals surface area contributed by atoms with Crippen molar-refractivity contribution in [3.8, 4) is 5.75 Å². The predicted molar refractivity (Wildman–Crippen MR) is 71.0 cm³/mol. The zero-order valence-electron chi connectivity index (χ0n) is 10.4. The van der Waals surface area contributed by atoms with Gasteiger partial charge in [-0.05, 0) is 38.1 Å². The van der Waals surface area contributed by atoms with Gasteiger partial charge in [-0.15, -0.1) is 0 Å². The summed E-state index contributed by atoms with van der Waals surface area (Å²) in [5.41, 5.74) is 2.21. The minimum atomic E-state index is -0.554. The predicted octanol–water partition coefficient (Wildman–Crippen LogP) is 3.05. The first-order chi connectivity index (χ1) is 8.66. The van der Waals surface area contributed by atoms with E-state index in [1.54, 1.807) is 6.20 Å². The van der Waals surface area contributed by atoms with E-state index in [1.807, 2.05) is 56.3 Å². The van der Waals surface area contributed by atoms with Gasteiger partial charge in [0.25, 0.3) is 0 Å². The van der Waals surface area contributed by atoms with Crippen LogP contribution in [0.4, 0.5) is 0 Å². The van der Waals surface area contributed by atoms with Crippen molar-refractivity contribution in [2.75, 3.05) is 0 Å². The molecular formula is C15H14N2O. The van der Waals surface area contributed by atoms with Gasteiger partial charge in [-0.3, -0.25) is 4.98 Å². The summed E-state index contributed by atoms with van der Waals surface area (Å²) in [6.45, 7) is 3.90. The number of nitrogens with zero attached hydrogens (tertiary/aromatic N) is 2. The van der Waals surface area contributed by atoms with Crippen LogP contribution in [0.15, 0.2) is 53.7 Å². The molecular weight excluding hydrogens is 224 g/mol. The summed E-state index contributed by atoms with van der Waals surface area (Å²) in [6.07, 6.45) is 1.78. The molecule has 90 valence electrons. The van der Waals surface area contributed by atoms with Crippen LogP contribution in [0.2, 0.25) is 0 Å². The highest BCUT2D eigenvalue weighted by atomic mass is 16.5. The first-order valence-corrected chi connectivity index (χ1v) is 5.95. The molecule has 1 aliphatic rings. The molecule has 1 aliphatic heterocycles. The lowest BCUT2D eigenvalue weighted by Gasteiger charge is -2.29. The van der Waals surface area contributed by atoms with E-state index in [-0.39, 0.29) is 0 Å². The summed E-state index contributed by atoms with van der Waals surface area (Å²) in [4.78, 5) is 9.04. The first-order valence-electron chi connectivity index (χ1n) is 5.95. The van der Waals surface area contributed by atoms with Gasteiger partial charge in [0.1, 0.15) is 5.75 Å². The largest absolute Gasteiger partial charge is 0.466 e. The van der Waals surface area contributed by atoms with Crippen LogP contribution < -0.4 is 4.74 Å². The summed E-state index contributed by atoms with van der Waals surface area (Å²) in [5, 5.41) is 0. The summed E-state index contributed by atoms with van der Waals surface area (Å²) in [5.74, 6) is 0.859. The Bertz CT molecular complexity index is 603. The Kier molecular flexibility index (Phi) is 2.40. The van der Waals surface area contributed by atoms with E-state index in [9.17, 15) is 0 Å². The van der Waals surface area contributed by atoms with Gasteiger partial charge in [0, 0.05) is 11.8 Å². The summed E-state index contributed by atoms with van der Waals surface area (Å²) >= 11 is 0. The SMILES string of the molecule is CC1(C)N=C(c2ccccn2)c2ccccc2O1. The number of ether oxygens (including phenoxy) is 1.